The normalized spacial score (nSPS) is 11.6. The summed E-state index contributed by atoms with van der Waals surface area (Å²) in [5, 5.41) is 11.6. The lowest BCUT2D eigenvalue weighted by molar-refractivity contribution is 0.600. The summed E-state index contributed by atoms with van der Waals surface area (Å²) in [4.78, 5) is 0.262. The molecule has 0 unspecified atom stereocenters. The van der Waals surface area contributed by atoms with Gasteiger partial charge >= 0.3 is 0 Å². The molecule has 0 aliphatic carbocycles. The van der Waals surface area contributed by atoms with Crippen LogP contribution in [0.3, 0.4) is 0 Å². The van der Waals surface area contributed by atoms with Crippen LogP contribution in [-0.2, 0) is 16.6 Å². The van der Waals surface area contributed by atoms with Crippen LogP contribution in [0.1, 0.15) is 16.1 Å². The maximum atomic E-state index is 12.4. The fraction of sp³-hybridized carbons (Fsp3) is 0.333. The number of rotatable bonds is 5. The molecule has 20 heavy (non-hydrogen) atoms. The van der Waals surface area contributed by atoms with E-state index in [2.05, 4.69) is 20.2 Å². The average Bonchev–Trinajstić information content (AvgIpc) is 2.76. The van der Waals surface area contributed by atoms with Gasteiger partial charge in [-0.1, -0.05) is 23.5 Å². The first-order valence-electron chi connectivity index (χ1n) is 6.00. The van der Waals surface area contributed by atoms with Crippen molar-refractivity contribution in [3.05, 3.63) is 34.3 Å². The fourth-order valence-corrected chi connectivity index (χ4v) is 3.95. The summed E-state index contributed by atoms with van der Waals surface area (Å²) in [7, 11) is -1.82. The van der Waals surface area contributed by atoms with Gasteiger partial charge in [0.15, 0.2) is 0 Å². The topological polar surface area (TPSA) is 84.0 Å². The summed E-state index contributed by atoms with van der Waals surface area (Å²) in [5.74, 6) is 0. The highest BCUT2D eigenvalue weighted by molar-refractivity contribution is 7.93. The summed E-state index contributed by atoms with van der Waals surface area (Å²) in [6, 6.07) is 5.23. The maximum absolute atomic E-state index is 12.4. The largest absolute Gasteiger partial charge is 0.316 e. The number of benzene rings is 1. The molecule has 0 aliphatic heterocycles. The third kappa shape index (κ3) is 3.14. The highest BCUT2D eigenvalue weighted by Crippen LogP contribution is 2.23. The SMILES string of the molecule is CNCc1cccc(S(=O)(=O)Nc2nnc(C)s2)c1C. The van der Waals surface area contributed by atoms with Gasteiger partial charge in [0.25, 0.3) is 10.0 Å². The second kappa shape index (κ2) is 5.86. The van der Waals surface area contributed by atoms with E-state index in [0.29, 0.717) is 11.6 Å². The Morgan fingerprint density at radius 2 is 2.00 bits per heavy atom. The molecule has 1 aromatic carbocycles. The van der Waals surface area contributed by atoms with Crippen molar-refractivity contribution in [2.45, 2.75) is 25.3 Å². The number of nitrogens with zero attached hydrogens (tertiary/aromatic N) is 2. The number of hydrogen-bond donors (Lipinski definition) is 2. The van der Waals surface area contributed by atoms with Crippen LogP contribution in [0.5, 0.6) is 0 Å². The van der Waals surface area contributed by atoms with Gasteiger partial charge in [-0.15, -0.1) is 10.2 Å². The Bertz CT molecular complexity index is 710. The average molecular weight is 312 g/mol. The van der Waals surface area contributed by atoms with Crippen LogP contribution < -0.4 is 10.0 Å². The number of hydrogen-bond acceptors (Lipinski definition) is 6. The number of aryl methyl sites for hydroxylation is 1. The molecule has 0 atom stereocenters. The Morgan fingerprint density at radius 3 is 2.60 bits per heavy atom. The smallest absolute Gasteiger partial charge is 0.263 e. The van der Waals surface area contributed by atoms with Gasteiger partial charge in [-0.05, 0) is 38.1 Å². The second-order valence-electron chi connectivity index (χ2n) is 4.30. The van der Waals surface area contributed by atoms with Crippen molar-refractivity contribution in [1.29, 1.82) is 0 Å². The van der Waals surface area contributed by atoms with Crippen molar-refractivity contribution in [2.75, 3.05) is 11.8 Å². The predicted octanol–water partition coefficient (Wildman–Crippen LogP) is 1.68. The molecule has 0 fully saturated rings. The summed E-state index contributed by atoms with van der Waals surface area (Å²) in [6.07, 6.45) is 0. The molecule has 0 aliphatic rings. The molecule has 8 heteroatoms. The second-order valence-corrected chi connectivity index (χ2v) is 7.13. The molecule has 0 amide bonds. The zero-order chi connectivity index (χ0) is 14.8. The van der Waals surface area contributed by atoms with E-state index in [9.17, 15) is 8.42 Å². The van der Waals surface area contributed by atoms with Gasteiger partial charge in [0.2, 0.25) is 5.13 Å². The highest BCUT2D eigenvalue weighted by atomic mass is 32.2. The van der Waals surface area contributed by atoms with Crippen molar-refractivity contribution >= 4 is 26.5 Å². The van der Waals surface area contributed by atoms with E-state index >= 15 is 0 Å². The summed E-state index contributed by atoms with van der Waals surface area (Å²) < 4.78 is 27.3. The van der Waals surface area contributed by atoms with Gasteiger partial charge in [-0.25, -0.2) is 8.42 Å². The van der Waals surface area contributed by atoms with Crippen LogP contribution in [0.25, 0.3) is 0 Å². The molecule has 0 saturated carbocycles. The van der Waals surface area contributed by atoms with Crippen LogP contribution in [-0.4, -0.2) is 25.7 Å². The fourth-order valence-electron chi connectivity index (χ4n) is 1.84. The van der Waals surface area contributed by atoms with Gasteiger partial charge in [0.05, 0.1) is 4.90 Å². The molecule has 0 radical (unpaired) electrons. The third-order valence-electron chi connectivity index (χ3n) is 2.80. The first-order valence-corrected chi connectivity index (χ1v) is 8.30. The van der Waals surface area contributed by atoms with Crippen LogP contribution in [0, 0.1) is 13.8 Å². The zero-order valence-electron chi connectivity index (χ0n) is 11.5. The molecule has 2 aromatic rings. The molecular weight excluding hydrogens is 296 g/mol. The standard InChI is InChI=1S/C12H16N4O2S2/c1-8-10(7-13-3)5-4-6-11(8)20(17,18)16-12-15-14-9(2)19-12/h4-6,13H,7H2,1-3H3,(H,15,16). The van der Waals surface area contributed by atoms with Crippen LogP contribution >= 0.6 is 11.3 Å². The minimum Gasteiger partial charge on any atom is -0.316 e. The molecule has 2 N–H and O–H groups in total. The van der Waals surface area contributed by atoms with E-state index in [1.165, 1.54) is 11.3 Å². The van der Waals surface area contributed by atoms with Crippen LogP contribution in [0.4, 0.5) is 5.13 Å². The van der Waals surface area contributed by atoms with E-state index in [4.69, 9.17) is 0 Å². The van der Waals surface area contributed by atoms with Gasteiger partial charge in [0.1, 0.15) is 5.01 Å². The van der Waals surface area contributed by atoms with E-state index < -0.39 is 10.0 Å². The van der Waals surface area contributed by atoms with Crippen molar-refractivity contribution in [1.82, 2.24) is 15.5 Å². The summed E-state index contributed by atoms with van der Waals surface area (Å²) in [6.45, 7) is 4.19. The van der Waals surface area contributed by atoms with Gasteiger partial charge in [-0.2, -0.15) is 0 Å². The summed E-state index contributed by atoms with van der Waals surface area (Å²) in [5.41, 5.74) is 1.68. The lowest BCUT2D eigenvalue weighted by atomic mass is 10.1. The lowest BCUT2D eigenvalue weighted by Gasteiger charge is -2.11. The molecule has 0 spiro atoms. The van der Waals surface area contributed by atoms with E-state index in [1.54, 1.807) is 26.0 Å². The third-order valence-corrected chi connectivity index (χ3v) is 5.17. The van der Waals surface area contributed by atoms with Crippen molar-refractivity contribution in [3.63, 3.8) is 0 Å². The monoisotopic (exact) mass is 312 g/mol. The van der Waals surface area contributed by atoms with Crippen molar-refractivity contribution in [2.24, 2.45) is 0 Å². The zero-order valence-corrected chi connectivity index (χ0v) is 13.1. The Kier molecular flexibility index (Phi) is 4.36. The number of aromatic nitrogens is 2. The van der Waals surface area contributed by atoms with Crippen molar-refractivity contribution < 1.29 is 8.42 Å². The van der Waals surface area contributed by atoms with E-state index in [1.807, 2.05) is 13.1 Å². The minimum absolute atomic E-state index is 0.262. The van der Waals surface area contributed by atoms with Crippen LogP contribution in [0.2, 0.25) is 0 Å². The number of anilines is 1. The Labute approximate surface area is 122 Å². The molecule has 0 saturated heterocycles. The first-order chi connectivity index (χ1) is 9.44. The Balaban J connectivity index is 2.36. The predicted molar refractivity (Wildman–Crippen MR) is 79.4 cm³/mol. The van der Waals surface area contributed by atoms with Crippen LogP contribution in [0.15, 0.2) is 23.1 Å². The number of sulfonamides is 1. The molecule has 0 bridgehead atoms. The first kappa shape index (κ1) is 14.9. The van der Waals surface area contributed by atoms with Gasteiger partial charge in [-0.3, -0.25) is 4.72 Å². The summed E-state index contributed by atoms with van der Waals surface area (Å²) >= 11 is 1.20. The quantitative estimate of drug-likeness (QED) is 0.877. The van der Waals surface area contributed by atoms with E-state index in [-0.39, 0.29) is 10.0 Å². The number of nitrogens with one attached hydrogen (secondary N) is 2. The molecule has 1 heterocycles. The highest BCUT2D eigenvalue weighted by Gasteiger charge is 2.19. The van der Waals surface area contributed by atoms with E-state index in [0.717, 1.165) is 11.1 Å². The Morgan fingerprint density at radius 1 is 1.25 bits per heavy atom. The van der Waals surface area contributed by atoms with Crippen molar-refractivity contribution in [3.8, 4) is 0 Å². The molecule has 6 nitrogen and oxygen atoms in total. The molecule has 108 valence electrons. The molecule has 2 rings (SSSR count). The molecule has 1 aromatic heterocycles. The molecular formula is C12H16N4O2S2. The minimum atomic E-state index is -3.64. The Hall–Kier alpha value is -1.51. The van der Waals surface area contributed by atoms with Gasteiger partial charge < -0.3 is 5.32 Å². The maximum Gasteiger partial charge on any atom is 0.263 e. The van der Waals surface area contributed by atoms with Gasteiger partial charge in [0, 0.05) is 6.54 Å². The lowest BCUT2D eigenvalue weighted by Crippen LogP contribution is -2.16.